The zero-order valence-corrected chi connectivity index (χ0v) is 13.1. The van der Waals surface area contributed by atoms with Gasteiger partial charge in [0.15, 0.2) is 5.82 Å². The molecule has 2 aromatic heterocycles. The molecule has 1 saturated carbocycles. The lowest BCUT2D eigenvalue weighted by molar-refractivity contribution is -0.117. The molecule has 1 amide bonds. The third-order valence-electron chi connectivity index (χ3n) is 4.22. The molecule has 5 nitrogen and oxygen atoms in total. The number of carbonyl (C=O) groups is 1. The molecule has 2 heterocycles. The summed E-state index contributed by atoms with van der Waals surface area (Å²) in [5, 5.41) is 11.7. The SMILES string of the molecule is N#CCc1ccc(-c2cccc3nc(NC(=O)C4CC4)cn23)cc1. The Morgan fingerprint density at radius 3 is 2.75 bits per heavy atom. The van der Waals surface area contributed by atoms with Gasteiger partial charge in [0, 0.05) is 5.92 Å². The van der Waals surface area contributed by atoms with Gasteiger partial charge in [-0.3, -0.25) is 9.20 Å². The highest BCUT2D eigenvalue weighted by molar-refractivity contribution is 5.93. The number of pyridine rings is 1. The number of rotatable bonds is 4. The summed E-state index contributed by atoms with van der Waals surface area (Å²) in [5.41, 5.74) is 3.83. The number of carbonyl (C=O) groups excluding carboxylic acids is 1. The zero-order valence-electron chi connectivity index (χ0n) is 13.1. The fourth-order valence-electron chi connectivity index (χ4n) is 2.76. The molecular formula is C19H16N4O. The number of amides is 1. The van der Waals surface area contributed by atoms with Crippen LogP contribution in [0.4, 0.5) is 5.82 Å². The Bertz CT molecular complexity index is 946. The molecule has 4 rings (SSSR count). The van der Waals surface area contributed by atoms with Crippen molar-refractivity contribution in [2.75, 3.05) is 5.32 Å². The first kappa shape index (κ1) is 14.5. The lowest BCUT2D eigenvalue weighted by atomic mass is 10.1. The normalized spacial score (nSPS) is 13.6. The maximum absolute atomic E-state index is 11.9. The summed E-state index contributed by atoms with van der Waals surface area (Å²) in [4.78, 5) is 16.4. The molecule has 118 valence electrons. The number of aromatic nitrogens is 2. The van der Waals surface area contributed by atoms with Crippen LogP contribution in [0.25, 0.3) is 16.9 Å². The van der Waals surface area contributed by atoms with E-state index in [1.165, 1.54) is 0 Å². The molecule has 0 bridgehead atoms. The predicted molar refractivity (Wildman–Crippen MR) is 91.3 cm³/mol. The van der Waals surface area contributed by atoms with Crippen molar-refractivity contribution >= 4 is 17.4 Å². The Balaban J connectivity index is 1.68. The highest BCUT2D eigenvalue weighted by Crippen LogP contribution is 2.30. The van der Waals surface area contributed by atoms with Crippen LogP contribution in [0.15, 0.2) is 48.7 Å². The maximum Gasteiger partial charge on any atom is 0.228 e. The standard InChI is InChI=1S/C19H16N4O/c20-11-10-13-4-6-14(7-5-13)16-2-1-3-18-21-17(12-23(16)18)22-19(24)15-8-9-15/h1-7,12,15H,8-10H2,(H,22,24). The maximum atomic E-state index is 11.9. The number of nitriles is 1. The quantitative estimate of drug-likeness (QED) is 0.802. The number of fused-ring (bicyclic) bond motifs is 1. The second-order valence-corrected chi connectivity index (χ2v) is 6.06. The average Bonchev–Trinajstić information content (AvgIpc) is 3.36. The second-order valence-electron chi connectivity index (χ2n) is 6.06. The highest BCUT2D eigenvalue weighted by atomic mass is 16.2. The van der Waals surface area contributed by atoms with Gasteiger partial charge in [0.05, 0.1) is 24.4 Å². The van der Waals surface area contributed by atoms with Gasteiger partial charge in [0.2, 0.25) is 5.91 Å². The van der Waals surface area contributed by atoms with E-state index in [0.29, 0.717) is 12.2 Å². The van der Waals surface area contributed by atoms with Crippen LogP contribution in [-0.4, -0.2) is 15.3 Å². The van der Waals surface area contributed by atoms with E-state index >= 15 is 0 Å². The molecule has 3 aromatic rings. The molecule has 24 heavy (non-hydrogen) atoms. The van der Waals surface area contributed by atoms with Crippen molar-refractivity contribution in [1.29, 1.82) is 5.26 Å². The van der Waals surface area contributed by atoms with Crippen LogP contribution in [0.1, 0.15) is 18.4 Å². The molecule has 0 aliphatic heterocycles. The number of hydrogen-bond donors (Lipinski definition) is 1. The summed E-state index contributed by atoms with van der Waals surface area (Å²) < 4.78 is 1.97. The molecule has 0 unspecified atom stereocenters. The van der Waals surface area contributed by atoms with Crippen molar-refractivity contribution in [2.24, 2.45) is 5.92 Å². The van der Waals surface area contributed by atoms with Crippen molar-refractivity contribution in [3.8, 4) is 17.3 Å². The van der Waals surface area contributed by atoms with E-state index in [1.54, 1.807) is 0 Å². The molecule has 1 aliphatic rings. The van der Waals surface area contributed by atoms with Crippen LogP contribution in [0, 0.1) is 17.2 Å². The number of hydrogen-bond acceptors (Lipinski definition) is 3. The van der Waals surface area contributed by atoms with Crippen LogP contribution in [0.2, 0.25) is 0 Å². The van der Waals surface area contributed by atoms with Gasteiger partial charge in [-0.05, 0) is 36.1 Å². The third kappa shape index (κ3) is 2.74. The first-order valence-electron chi connectivity index (χ1n) is 8.00. The number of benzene rings is 1. The van der Waals surface area contributed by atoms with Crippen LogP contribution in [0.3, 0.4) is 0 Å². The Hall–Kier alpha value is -3.13. The molecule has 1 N–H and O–H groups in total. The van der Waals surface area contributed by atoms with E-state index in [2.05, 4.69) is 16.4 Å². The molecule has 1 aliphatic carbocycles. The van der Waals surface area contributed by atoms with Gasteiger partial charge in [-0.2, -0.15) is 5.26 Å². The Labute approximate surface area is 139 Å². The Morgan fingerprint density at radius 1 is 1.25 bits per heavy atom. The van der Waals surface area contributed by atoms with Crippen LogP contribution in [-0.2, 0) is 11.2 Å². The number of nitrogens with zero attached hydrogens (tertiary/aromatic N) is 3. The summed E-state index contributed by atoms with van der Waals surface area (Å²) in [5.74, 6) is 0.795. The van der Waals surface area contributed by atoms with E-state index in [9.17, 15) is 4.79 Å². The predicted octanol–water partition coefficient (Wildman–Crippen LogP) is 3.42. The van der Waals surface area contributed by atoms with Gasteiger partial charge in [-0.25, -0.2) is 4.98 Å². The minimum Gasteiger partial charge on any atom is -0.309 e. The van der Waals surface area contributed by atoms with Crippen molar-refractivity contribution in [3.63, 3.8) is 0 Å². The lowest BCUT2D eigenvalue weighted by Crippen LogP contribution is -2.13. The van der Waals surface area contributed by atoms with E-state index in [-0.39, 0.29) is 11.8 Å². The van der Waals surface area contributed by atoms with E-state index in [0.717, 1.165) is 35.3 Å². The van der Waals surface area contributed by atoms with E-state index in [1.807, 2.05) is 53.1 Å². The van der Waals surface area contributed by atoms with Crippen molar-refractivity contribution in [1.82, 2.24) is 9.38 Å². The van der Waals surface area contributed by atoms with Crippen LogP contribution < -0.4 is 5.32 Å². The highest BCUT2D eigenvalue weighted by Gasteiger charge is 2.30. The molecular weight excluding hydrogens is 300 g/mol. The summed E-state index contributed by atoms with van der Waals surface area (Å²) >= 11 is 0. The first-order chi connectivity index (χ1) is 11.7. The Morgan fingerprint density at radius 2 is 2.04 bits per heavy atom. The van der Waals surface area contributed by atoms with Gasteiger partial charge < -0.3 is 5.32 Å². The summed E-state index contributed by atoms with van der Waals surface area (Å²) in [7, 11) is 0. The molecule has 0 atom stereocenters. The van der Waals surface area contributed by atoms with E-state index < -0.39 is 0 Å². The third-order valence-corrected chi connectivity index (χ3v) is 4.22. The van der Waals surface area contributed by atoms with Gasteiger partial charge in [0.25, 0.3) is 0 Å². The monoisotopic (exact) mass is 316 g/mol. The van der Waals surface area contributed by atoms with Crippen molar-refractivity contribution < 1.29 is 4.79 Å². The van der Waals surface area contributed by atoms with Gasteiger partial charge in [-0.1, -0.05) is 30.3 Å². The van der Waals surface area contributed by atoms with Crippen LogP contribution in [0.5, 0.6) is 0 Å². The molecule has 1 aromatic carbocycles. The number of imidazole rings is 1. The largest absolute Gasteiger partial charge is 0.309 e. The van der Waals surface area contributed by atoms with Gasteiger partial charge in [0.1, 0.15) is 5.65 Å². The van der Waals surface area contributed by atoms with Crippen LogP contribution >= 0.6 is 0 Å². The molecule has 0 radical (unpaired) electrons. The topological polar surface area (TPSA) is 70.2 Å². The van der Waals surface area contributed by atoms with Crippen molar-refractivity contribution in [2.45, 2.75) is 19.3 Å². The minimum absolute atomic E-state index is 0.0563. The van der Waals surface area contributed by atoms with E-state index in [4.69, 9.17) is 5.26 Å². The number of anilines is 1. The fourth-order valence-corrected chi connectivity index (χ4v) is 2.76. The zero-order chi connectivity index (χ0) is 16.5. The minimum atomic E-state index is 0.0563. The van der Waals surface area contributed by atoms with Crippen molar-refractivity contribution in [3.05, 3.63) is 54.2 Å². The van der Waals surface area contributed by atoms with Gasteiger partial charge >= 0.3 is 0 Å². The Kier molecular flexibility index (Phi) is 3.51. The summed E-state index contributed by atoms with van der Waals surface area (Å²) in [6.07, 6.45) is 4.21. The second kappa shape index (κ2) is 5.82. The summed E-state index contributed by atoms with van der Waals surface area (Å²) in [6, 6.07) is 16.0. The summed E-state index contributed by atoms with van der Waals surface area (Å²) in [6.45, 7) is 0. The molecule has 5 heteroatoms. The fraction of sp³-hybridized carbons (Fsp3) is 0.211. The van der Waals surface area contributed by atoms with Gasteiger partial charge in [-0.15, -0.1) is 0 Å². The molecule has 0 saturated heterocycles. The lowest BCUT2D eigenvalue weighted by Gasteiger charge is -2.06. The molecule has 1 fully saturated rings. The number of nitrogens with one attached hydrogen (secondary N) is 1. The average molecular weight is 316 g/mol. The molecule has 0 spiro atoms. The first-order valence-corrected chi connectivity index (χ1v) is 8.00. The smallest absolute Gasteiger partial charge is 0.228 e.